The summed E-state index contributed by atoms with van der Waals surface area (Å²) < 4.78 is 30.6. The summed E-state index contributed by atoms with van der Waals surface area (Å²) in [7, 11) is 3.11. The van der Waals surface area contributed by atoms with Crippen LogP contribution in [0.15, 0.2) is 73.3 Å². The zero-order valence-corrected chi connectivity index (χ0v) is 25.5. The van der Waals surface area contributed by atoms with E-state index in [0.29, 0.717) is 56.2 Å². The van der Waals surface area contributed by atoms with Crippen LogP contribution in [0.1, 0.15) is 58.3 Å². The highest BCUT2D eigenvalue weighted by atomic mass is 19.1. The first-order valence-corrected chi connectivity index (χ1v) is 14.3. The average molecular weight is 627 g/mol. The van der Waals surface area contributed by atoms with Gasteiger partial charge in [-0.05, 0) is 38.1 Å². The van der Waals surface area contributed by atoms with E-state index in [2.05, 4.69) is 30.6 Å². The number of amides is 2. The maximum absolute atomic E-state index is 13.6. The van der Waals surface area contributed by atoms with Crippen LogP contribution < -0.4 is 22.1 Å². The SMILES string of the molecule is CNC(=O)c1cccc2nc([C@@H](C)N)n(-c3cncc(F)c3)c12.CNC(=O)c1cccc2nc([C@H](C)N)n(-c3cncc(F)c3)c12. The number of hydrogen-bond acceptors (Lipinski definition) is 8. The fraction of sp³-hybridized carbons (Fsp3) is 0.188. The number of nitrogens with one attached hydrogen (secondary N) is 2. The van der Waals surface area contributed by atoms with Gasteiger partial charge in [0.15, 0.2) is 0 Å². The summed E-state index contributed by atoms with van der Waals surface area (Å²) in [6, 6.07) is 12.3. The Morgan fingerprint density at radius 3 is 1.41 bits per heavy atom. The van der Waals surface area contributed by atoms with Gasteiger partial charge in [-0.1, -0.05) is 12.1 Å². The van der Waals surface area contributed by atoms with E-state index in [-0.39, 0.29) is 11.8 Å². The van der Waals surface area contributed by atoms with Gasteiger partial charge in [0.1, 0.15) is 23.3 Å². The number of carbonyl (C=O) groups excluding carboxylic acids is 2. The summed E-state index contributed by atoms with van der Waals surface area (Å²) in [5, 5.41) is 5.20. The fourth-order valence-electron chi connectivity index (χ4n) is 5.10. The fourth-order valence-corrected chi connectivity index (χ4v) is 5.10. The molecule has 0 aliphatic rings. The number of nitrogens with zero attached hydrogens (tertiary/aromatic N) is 6. The number of halogens is 2. The molecule has 0 bridgehead atoms. The van der Waals surface area contributed by atoms with Crippen LogP contribution in [0.4, 0.5) is 8.78 Å². The van der Waals surface area contributed by atoms with Crippen molar-refractivity contribution < 1.29 is 18.4 Å². The lowest BCUT2D eigenvalue weighted by molar-refractivity contribution is 0.0956. The molecule has 2 atom stereocenters. The van der Waals surface area contributed by atoms with Crippen molar-refractivity contribution in [1.82, 2.24) is 39.7 Å². The lowest BCUT2D eigenvalue weighted by Gasteiger charge is -2.13. The third-order valence-electron chi connectivity index (χ3n) is 7.06. The molecule has 0 aliphatic carbocycles. The van der Waals surface area contributed by atoms with Gasteiger partial charge in [0.2, 0.25) is 0 Å². The van der Waals surface area contributed by atoms with E-state index in [4.69, 9.17) is 11.5 Å². The van der Waals surface area contributed by atoms with E-state index in [9.17, 15) is 18.4 Å². The Morgan fingerprint density at radius 1 is 0.696 bits per heavy atom. The number of carbonyl (C=O) groups is 2. The normalized spacial score (nSPS) is 12.3. The van der Waals surface area contributed by atoms with Crippen molar-refractivity contribution in [3.05, 3.63) is 108 Å². The zero-order chi connectivity index (χ0) is 33.1. The Bertz CT molecular complexity index is 1920. The van der Waals surface area contributed by atoms with Crippen LogP contribution in [-0.2, 0) is 0 Å². The molecule has 0 radical (unpaired) electrons. The maximum Gasteiger partial charge on any atom is 0.253 e. The summed E-state index contributed by atoms with van der Waals surface area (Å²) in [6.45, 7) is 3.56. The number of para-hydroxylation sites is 2. The molecule has 6 N–H and O–H groups in total. The van der Waals surface area contributed by atoms with Crippen LogP contribution in [0.3, 0.4) is 0 Å². The minimum absolute atomic E-state index is 0.252. The van der Waals surface area contributed by atoms with Gasteiger partial charge in [-0.15, -0.1) is 0 Å². The predicted molar refractivity (Wildman–Crippen MR) is 170 cm³/mol. The van der Waals surface area contributed by atoms with E-state index in [1.807, 2.05) is 0 Å². The smallest absolute Gasteiger partial charge is 0.253 e. The summed E-state index contributed by atoms with van der Waals surface area (Å²) in [5.74, 6) is -0.392. The predicted octanol–water partition coefficient (Wildman–Crippen LogP) is 3.88. The quantitative estimate of drug-likeness (QED) is 0.216. The van der Waals surface area contributed by atoms with Gasteiger partial charge in [0.05, 0.1) is 81.4 Å². The van der Waals surface area contributed by atoms with Crippen LogP contribution >= 0.6 is 0 Å². The van der Waals surface area contributed by atoms with Crippen LogP contribution in [-0.4, -0.2) is 55.0 Å². The number of rotatable bonds is 6. The molecule has 14 heteroatoms. The zero-order valence-electron chi connectivity index (χ0n) is 25.5. The molecule has 46 heavy (non-hydrogen) atoms. The Labute approximate surface area is 262 Å². The van der Waals surface area contributed by atoms with Gasteiger partial charge in [0, 0.05) is 26.2 Å². The molecule has 0 fully saturated rings. The second kappa shape index (κ2) is 13.2. The number of hydrogen-bond donors (Lipinski definition) is 4. The number of fused-ring (bicyclic) bond motifs is 2. The molecule has 12 nitrogen and oxygen atoms in total. The third kappa shape index (κ3) is 6.03. The molecule has 2 amide bonds. The van der Waals surface area contributed by atoms with Crippen molar-refractivity contribution in [2.75, 3.05) is 14.1 Å². The number of nitrogens with two attached hydrogens (primary N) is 2. The summed E-state index contributed by atoms with van der Waals surface area (Å²) >= 11 is 0. The van der Waals surface area contributed by atoms with E-state index < -0.39 is 23.7 Å². The average Bonchev–Trinajstić information content (AvgIpc) is 3.64. The number of imidazole rings is 2. The van der Waals surface area contributed by atoms with Gasteiger partial charge in [0.25, 0.3) is 11.8 Å². The van der Waals surface area contributed by atoms with Crippen LogP contribution in [0.2, 0.25) is 0 Å². The lowest BCUT2D eigenvalue weighted by atomic mass is 10.1. The Hall–Kier alpha value is -5.60. The molecule has 6 aromatic rings. The van der Waals surface area contributed by atoms with Gasteiger partial charge in [-0.25, -0.2) is 18.7 Å². The monoisotopic (exact) mass is 626 g/mol. The Balaban J connectivity index is 0.000000181. The molecule has 6 rings (SSSR count). The van der Waals surface area contributed by atoms with E-state index in [1.54, 1.807) is 73.5 Å². The summed E-state index contributed by atoms with van der Waals surface area (Å²) in [6.07, 6.45) is 5.26. The molecule has 0 saturated carbocycles. The standard InChI is InChI=1S/2C16H16FN5O/c2*1-9(18)15-21-13-5-3-4-12(16(23)19-2)14(13)22(15)11-6-10(17)7-20-8-11/h2*3-9H,18H2,1-2H3,(H,19,23)/t2*9-/m10/s1. The second-order valence-electron chi connectivity index (χ2n) is 10.4. The first kappa shape index (κ1) is 31.8. The van der Waals surface area contributed by atoms with Crippen LogP contribution in [0.5, 0.6) is 0 Å². The number of pyridine rings is 2. The molecule has 4 heterocycles. The summed E-state index contributed by atoms with van der Waals surface area (Å²) in [4.78, 5) is 41.1. The van der Waals surface area contributed by atoms with Gasteiger partial charge < -0.3 is 22.1 Å². The highest BCUT2D eigenvalue weighted by molar-refractivity contribution is 6.06. The first-order valence-electron chi connectivity index (χ1n) is 14.3. The molecule has 0 aliphatic heterocycles. The van der Waals surface area contributed by atoms with Crippen molar-refractivity contribution in [1.29, 1.82) is 0 Å². The maximum atomic E-state index is 13.6. The lowest BCUT2D eigenvalue weighted by Crippen LogP contribution is -2.19. The van der Waals surface area contributed by atoms with E-state index in [1.165, 1.54) is 24.5 Å². The van der Waals surface area contributed by atoms with Crippen molar-refractivity contribution >= 4 is 33.9 Å². The van der Waals surface area contributed by atoms with Gasteiger partial charge >= 0.3 is 0 Å². The van der Waals surface area contributed by atoms with Crippen LogP contribution in [0, 0.1) is 11.6 Å². The highest BCUT2D eigenvalue weighted by Crippen LogP contribution is 2.29. The van der Waals surface area contributed by atoms with Crippen molar-refractivity contribution in [2.24, 2.45) is 11.5 Å². The second-order valence-corrected chi connectivity index (χ2v) is 10.4. The largest absolute Gasteiger partial charge is 0.355 e. The van der Waals surface area contributed by atoms with Crippen molar-refractivity contribution in [2.45, 2.75) is 25.9 Å². The molecule has 236 valence electrons. The van der Waals surface area contributed by atoms with Crippen molar-refractivity contribution in [3.8, 4) is 11.4 Å². The molecule has 0 spiro atoms. The van der Waals surface area contributed by atoms with E-state index >= 15 is 0 Å². The third-order valence-corrected chi connectivity index (χ3v) is 7.06. The molecule has 4 aromatic heterocycles. The number of aromatic nitrogens is 6. The Kier molecular flexibility index (Phi) is 9.11. The minimum atomic E-state index is -0.475. The molecular weight excluding hydrogens is 594 g/mol. The molecule has 0 unspecified atom stereocenters. The molecular formula is C32H32F2N10O2. The molecule has 2 aromatic carbocycles. The molecule has 0 saturated heterocycles. The number of benzene rings is 2. The Morgan fingerprint density at radius 2 is 1.09 bits per heavy atom. The van der Waals surface area contributed by atoms with Gasteiger partial charge in [-0.3, -0.25) is 28.7 Å². The minimum Gasteiger partial charge on any atom is -0.355 e. The first-order chi connectivity index (χ1) is 22.0. The van der Waals surface area contributed by atoms with Gasteiger partial charge in [-0.2, -0.15) is 0 Å². The van der Waals surface area contributed by atoms with E-state index in [0.717, 1.165) is 12.4 Å². The van der Waals surface area contributed by atoms with Crippen LogP contribution in [0.25, 0.3) is 33.4 Å². The summed E-state index contributed by atoms with van der Waals surface area (Å²) in [5.41, 5.74) is 16.2. The highest BCUT2D eigenvalue weighted by Gasteiger charge is 2.22. The topological polar surface area (TPSA) is 172 Å². The van der Waals surface area contributed by atoms with Crippen molar-refractivity contribution in [3.63, 3.8) is 0 Å².